The van der Waals surface area contributed by atoms with E-state index in [0.717, 1.165) is 24.3 Å². The molecule has 0 radical (unpaired) electrons. The van der Waals surface area contributed by atoms with Crippen molar-refractivity contribution in [3.05, 3.63) is 63.1 Å². The summed E-state index contributed by atoms with van der Waals surface area (Å²) in [6, 6.07) is 1.92. The number of fused-ring (bicyclic) bond motifs is 5. The Morgan fingerprint density at radius 2 is 1.92 bits per heavy atom. The lowest BCUT2D eigenvalue weighted by Crippen LogP contribution is -2.52. The Kier molecular flexibility index (Phi) is 9.98. The van der Waals surface area contributed by atoms with Gasteiger partial charge in [-0.25, -0.2) is 18.1 Å². The average molecular weight is 739 g/mol. The Hall–Kier alpha value is -4.38. The zero-order chi connectivity index (χ0) is 36.7. The minimum absolute atomic E-state index is 0.0438. The highest BCUT2D eigenvalue weighted by Gasteiger charge is 2.54. The predicted octanol–water partition coefficient (Wildman–Crippen LogP) is 3.54. The first-order chi connectivity index (χ1) is 24.1. The number of carbonyl (C=O) groups is 3. The van der Waals surface area contributed by atoms with Gasteiger partial charge in [-0.15, -0.1) is 0 Å². The molecule has 1 aromatic carbocycles. The van der Waals surface area contributed by atoms with Crippen LogP contribution in [-0.4, -0.2) is 81.1 Å². The van der Waals surface area contributed by atoms with Gasteiger partial charge in [0.15, 0.2) is 11.3 Å². The fourth-order valence-corrected chi connectivity index (χ4v) is 7.40. The minimum atomic E-state index is -4.75. The molecular formula is C32H37F2N4O12P. The van der Waals surface area contributed by atoms with E-state index in [4.69, 9.17) is 28.8 Å². The van der Waals surface area contributed by atoms with E-state index >= 15 is 0 Å². The average Bonchev–Trinajstić information content (AvgIpc) is 3.38. The van der Waals surface area contributed by atoms with Gasteiger partial charge in [-0.3, -0.25) is 18.9 Å². The van der Waals surface area contributed by atoms with Gasteiger partial charge in [0.05, 0.1) is 18.4 Å². The summed E-state index contributed by atoms with van der Waals surface area (Å²) in [4.78, 5) is 79.7. The molecule has 2 amide bonds. The van der Waals surface area contributed by atoms with Crippen LogP contribution in [0.15, 0.2) is 34.3 Å². The Bertz CT molecular complexity index is 1880. The summed E-state index contributed by atoms with van der Waals surface area (Å²) >= 11 is 0. The fraction of sp³-hybridized carbons (Fsp3) is 0.531. The molecule has 2 fully saturated rings. The van der Waals surface area contributed by atoms with E-state index in [1.54, 1.807) is 11.8 Å². The van der Waals surface area contributed by atoms with E-state index in [1.165, 1.54) is 10.8 Å². The van der Waals surface area contributed by atoms with Crippen LogP contribution in [0.4, 0.5) is 13.6 Å². The Labute approximate surface area is 289 Å². The topological polar surface area (TPSA) is 205 Å². The molecule has 19 heteroatoms. The standard InChI is InChI=1S/C32H37F2N4O12P/c1-18-11-32(50-36-18)9-6-19(2)37-14-24(32)38-13-22(28(40)35-12-20-4-5-21(33)10-23(20)34)26(39)27(25(38)29(37)41)47-17-48-30(42)46-15-31(7-3-8-31)16-49-51(43,44)45/h4-5,10,13,19,24H,3,6-9,11-12,14-17H2,1-2H3,(H,35,40)(H2,43,44,45)/t19-,24+,32-/m0/s1. The molecule has 6 rings (SSSR count). The molecule has 3 aliphatic heterocycles. The second-order valence-corrected chi connectivity index (χ2v) is 14.7. The highest BCUT2D eigenvalue weighted by Crippen LogP contribution is 2.47. The molecule has 3 N–H and O–H groups in total. The largest absolute Gasteiger partial charge is 0.511 e. The fourth-order valence-electron chi connectivity index (χ4n) is 6.96. The molecule has 1 spiro atoms. The van der Waals surface area contributed by atoms with Crippen molar-refractivity contribution in [2.24, 2.45) is 10.6 Å². The van der Waals surface area contributed by atoms with E-state index in [0.29, 0.717) is 38.2 Å². The molecule has 1 aromatic heterocycles. The molecule has 1 aliphatic carbocycles. The zero-order valence-electron chi connectivity index (χ0n) is 27.8. The SMILES string of the molecule is CC1=NO[C@@]2(CC[C@H](C)N3C[C@H]2n2cc(C(=O)NCc4ccc(F)cc4F)c(=O)c(OCOC(=O)OCC4(COP(=O)(O)O)CCC4)c2C3=O)C1. The lowest BCUT2D eigenvalue weighted by Gasteiger charge is -2.42. The third-order valence-electron chi connectivity index (χ3n) is 9.95. The molecule has 2 aromatic rings. The van der Waals surface area contributed by atoms with Gasteiger partial charge < -0.3 is 43.6 Å². The second-order valence-electron chi connectivity index (χ2n) is 13.5. The number of pyridine rings is 1. The van der Waals surface area contributed by atoms with Crippen LogP contribution in [0.3, 0.4) is 0 Å². The van der Waals surface area contributed by atoms with E-state index in [2.05, 4.69) is 15.0 Å². The third-order valence-corrected chi connectivity index (χ3v) is 10.4. The van der Waals surface area contributed by atoms with Crippen molar-refractivity contribution < 1.29 is 61.1 Å². The molecule has 276 valence electrons. The van der Waals surface area contributed by atoms with Crippen LogP contribution >= 0.6 is 7.82 Å². The normalized spacial score (nSPS) is 23.4. The molecule has 4 heterocycles. The number of aromatic nitrogens is 1. The first kappa shape index (κ1) is 36.4. The number of amides is 2. The molecule has 3 atom stereocenters. The quantitative estimate of drug-likeness (QED) is 0.172. The number of benzene rings is 1. The van der Waals surface area contributed by atoms with Crippen molar-refractivity contribution in [3.8, 4) is 5.75 Å². The third kappa shape index (κ3) is 7.49. The van der Waals surface area contributed by atoms with Gasteiger partial charge in [0.1, 0.15) is 23.8 Å². The van der Waals surface area contributed by atoms with Gasteiger partial charge in [0, 0.05) is 48.8 Å². The maximum absolute atomic E-state index is 14.3. The maximum Gasteiger partial charge on any atom is 0.511 e. The van der Waals surface area contributed by atoms with Crippen molar-refractivity contribution in [2.45, 2.75) is 76.6 Å². The molecule has 51 heavy (non-hydrogen) atoms. The molecule has 16 nitrogen and oxygen atoms in total. The number of rotatable bonds is 11. The first-order valence-electron chi connectivity index (χ1n) is 16.3. The van der Waals surface area contributed by atoms with Crippen LogP contribution in [0.1, 0.15) is 84.8 Å². The number of oxime groups is 1. The number of ether oxygens (including phenoxy) is 3. The number of phosphoric ester groups is 1. The van der Waals surface area contributed by atoms with Crippen LogP contribution in [0, 0.1) is 17.0 Å². The van der Waals surface area contributed by atoms with E-state index < -0.39 is 84.6 Å². The van der Waals surface area contributed by atoms with Gasteiger partial charge in [-0.2, -0.15) is 0 Å². The molecule has 0 unspecified atom stereocenters. The first-order valence-corrected chi connectivity index (χ1v) is 17.8. The lowest BCUT2D eigenvalue weighted by molar-refractivity contribution is -0.0660. The smallest absolute Gasteiger partial charge is 0.451 e. The molecule has 2 bridgehead atoms. The Balaban J connectivity index is 1.28. The van der Waals surface area contributed by atoms with Crippen molar-refractivity contribution in [1.82, 2.24) is 14.8 Å². The Morgan fingerprint density at radius 1 is 1.16 bits per heavy atom. The summed E-state index contributed by atoms with van der Waals surface area (Å²) in [5.74, 6) is -3.82. The van der Waals surface area contributed by atoms with Gasteiger partial charge in [0.25, 0.3) is 11.8 Å². The summed E-state index contributed by atoms with van der Waals surface area (Å²) in [5.41, 5.74) is -2.77. The summed E-state index contributed by atoms with van der Waals surface area (Å²) < 4.78 is 60.9. The van der Waals surface area contributed by atoms with E-state index in [9.17, 15) is 32.5 Å². The van der Waals surface area contributed by atoms with Crippen LogP contribution in [0.2, 0.25) is 0 Å². The summed E-state index contributed by atoms with van der Waals surface area (Å²) in [5, 5.41) is 6.64. The lowest BCUT2D eigenvalue weighted by atomic mass is 9.70. The minimum Gasteiger partial charge on any atom is -0.451 e. The van der Waals surface area contributed by atoms with Gasteiger partial charge in [0.2, 0.25) is 18.0 Å². The summed E-state index contributed by atoms with van der Waals surface area (Å²) in [6.45, 7) is 1.89. The van der Waals surface area contributed by atoms with Crippen molar-refractivity contribution >= 4 is 31.5 Å². The number of phosphoric acid groups is 1. The summed E-state index contributed by atoms with van der Waals surface area (Å²) in [7, 11) is -4.75. The molecule has 4 aliphatic rings. The van der Waals surface area contributed by atoms with Crippen LogP contribution in [0.25, 0.3) is 0 Å². The number of hydrogen-bond acceptors (Lipinski definition) is 11. The maximum atomic E-state index is 14.3. The molecule has 1 saturated heterocycles. The number of nitrogens with one attached hydrogen (secondary N) is 1. The van der Waals surface area contributed by atoms with Gasteiger partial charge >= 0.3 is 14.0 Å². The predicted molar refractivity (Wildman–Crippen MR) is 171 cm³/mol. The highest BCUT2D eigenvalue weighted by atomic mass is 31.2. The van der Waals surface area contributed by atoms with Crippen molar-refractivity contribution in [3.63, 3.8) is 0 Å². The number of carbonyl (C=O) groups excluding carboxylic acids is 3. The second kappa shape index (κ2) is 14.0. The zero-order valence-corrected chi connectivity index (χ0v) is 28.7. The number of nitrogens with zero attached hydrogens (tertiary/aromatic N) is 3. The van der Waals surface area contributed by atoms with Crippen LogP contribution in [-0.2, 0) is 29.9 Å². The van der Waals surface area contributed by atoms with Crippen LogP contribution in [0.5, 0.6) is 5.75 Å². The van der Waals surface area contributed by atoms with E-state index in [1.807, 2.05) is 6.92 Å². The van der Waals surface area contributed by atoms with Crippen LogP contribution < -0.4 is 15.5 Å². The van der Waals surface area contributed by atoms with Crippen molar-refractivity contribution in [2.75, 3.05) is 26.6 Å². The van der Waals surface area contributed by atoms with Gasteiger partial charge in [-0.1, -0.05) is 17.6 Å². The molecular weight excluding hydrogens is 701 g/mol. The Morgan fingerprint density at radius 3 is 2.57 bits per heavy atom. The highest BCUT2D eigenvalue weighted by molar-refractivity contribution is 7.46. The number of halogens is 2. The summed E-state index contributed by atoms with van der Waals surface area (Å²) in [6.07, 6.45) is 3.14. The van der Waals surface area contributed by atoms with Gasteiger partial charge in [-0.05, 0) is 45.6 Å². The van der Waals surface area contributed by atoms with Crippen molar-refractivity contribution in [1.29, 1.82) is 0 Å². The number of hydrogen-bond donors (Lipinski definition) is 3. The van der Waals surface area contributed by atoms with E-state index in [-0.39, 0.29) is 37.1 Å². The monoisotopic (exact) mass is 738 g/mol. The molecule has 1 saturated carbocycles.